The molecular weight excluding hydrogens is 158 g/mol. The van der Waals surface area contributed by atoms with Crippen LogP contribution in [0.4, 0.5) is 0 Å². The van der Waals surface area contributed by atoms with E-state index in [0.29, 0.717) is 0 Å². The molecule has 1 heterocycles. The van der Waals surface area contributed by atoms with Crippen molar-refractivity contribution in [2.75, 3.05) is 0 Å². The Bertz CT molecular complexity index is 110. The molecule has 0 radical (unpaired) electrons. The fourth-order valence-electron chi connectivity index (χ4n) is 0.291. The molecule has 0 spiro atoms. The number of halogens is 1. The van der Waals surface area contributed by atoms with Crippen LogP contribution in [0, 0.1) is 0 Å². The van der Waals surface area contributed by atoms with Gasteiger partial charge < -0.3 is 4.84 Å². The number of hydroxylamine groups is 1. The van der Waals surface area contributed by atoms with Gasteiger partial charge >= 0.3 is 0 Å². The third-order valence-electron chi connectivity index (χ3n) is 0.555. The number of allylic oxidation sites excluding steroid dienone is 2. The lowest BCUT2D eigenvalue weighted by atomic mass is 10.6. The molecule has 2 nitrogen and oxygen atoms in total. The zero-order valence-corrected chi connectivity index (χ0v) is 5.13. The predicted octanol–water partition coefficient (Wildman–Crippen LogP) is 1.57. The zero-order valence-electron chi connectivity index (χ0n) is 3.54. The van der Waals surface area contributed by atoms with Gasteiger partial charge in [0.1, 0.15) is 6.26 Å². The van der Waals surface area contributed by atoms with Crippen LogP contribution in [0.5, 0.6) is 0 Å². The largest absolute Gasteiger partial charge is 0.377 e. The van der Waals surface area contributed by atoms with Gasteiger partial charge in [-0.15, -0.1) is 0 Å². The molecule has 0 atom stereocenters. The summed E-state index contributed by atoms with van der Waals surface area (Å²) in [5.41, 5.74) is 0. The first-order valence-corrected chi connectivity index (χ1v) is 2.55. The molecule has 0 bridgehead atoms. The number of hydrogen-bond donors (Lipinski definition) is 0. The SMILES string of the molecule is BrN1C=CC=CO1. The summed E-state index contributed by atoms with van der Waals surface area (Å²) in [5, 5.41) is 0. The van der Waals surface area contributed by atoms with E-state index in [1.807, 2.05) is 6.08 Å². The Morgan fingerprint density at radius 1 is 1.43 bits per heavy atom. The summed E-state index contributed by atoms with van der Waals surface area (Å²) in [6.07, 6.45) is 6.99. The van der Waals surface area contributed by atoms with Crippen LogP contribution in [0.2, 0.25) is 0 Å². The van der Waals surface area contributed by atoms with Crippen molar-refractivity contribution in [3.8, 4) is 0 Å². The summed E-state index contributed by atoms with van der Waals surface area (Å²) in [6, 6.07) is 0. The number of nitrogens with zero attached hydrogens (tertiary/aromatic N) is 1. The Kier molecular flexibility index (Phi) is 1.36. The van der Waals surface area contributed by atoms with Crippen LogP contribution in [0.1, 0.15) is 0 Å². The summed E-state index contributed by atoms with van der Waals surface area (Å²) in [4.78, 5) is 4.76. The Morgan fingerprint density at radius 2 is 2.29 bits per heavy atom. The van der Waals surface area contributed by atoms with Gasteiger partial charge in [0.05, 0.1) is 22.3 Å². The second-order valence-electron chi connectivity index (χ2n) is 1.05. The second-order valence-corrected chi connectivity index (χ2v) is 1.75. The third kappa shape index (κ3) is 1.23. The van der Waals surface area contributed by atoms with Gasteiger partial charge in [-0.25, -0.2) is 0 Å². The minimum Gasteiger partial charge on any atom is -0.377 e. The van der Waals surface area contributed by atoms with Crippen LogP contribution in [0.15, 0.2) is 24.6 Å². The molecule has 3 heteroatoms. The van der Waals surface area contributed by atoms with Crippen molar-refractivity contribution in [3.05, 3.63) is 24.6 Å². The first-order valence-electron chi connectivity index (χ1n) is 1.85. The molecule has 0 amide bonds. The van der Waals surface area contributed by atoms with Crippen LogP contribution in [0.25, 0.3) is 0 Å². The lowest BCUT2D eigenvalue weighted by Crippen LogP contribution is -1.99. The van der Waals surface area contributed by atoms with Gasteiger partial charge in [-0.2, -0.15) is 4.09 Å². The average molecular weight is 162 g/mol. The van der Waals surface area contributed by atoms with Gasteiger partial charge in [0.15, 0.2) is 0 Å². The predicted molar refractivity (Wildman–Crippen MR) is 30.1 cm³/mol. The smallest absolute Gasteiger partial charge is 0.120 e. The normalized spacial score (nSPS) is 17.0. The monoisotopic (exact) mass is 161 g/mol. The highest BCUT2D eigenvalue weighted by molar-refractivity contribution is 9.07. The maximum absolute atomic E-state index is 4.76. The van der Waals surface area contributed by atoms with Gasteiger partial charge in [-0.05, 0) is 12.2 Å². The average Bonchev–Trinajstić information content (AvgIpc) is 1.69. The Hall–Kier alpha value is -0.440. The molecule has 0 saturated carbocycles. The summed E-state index contributed by atoms with van der Waals surface area (Å²) in [7, 11) is 0. The van der Waals surface area contributed by atoms with E-state index in [4.69, 9.17) is 4.84 Å². The van der Waals surface area contributed by atoms with Gasteiger partial charge in [0.2, 0.25) is 0 Å². The van der Waals surface area contributed by atoms with Gasteiger partial charge in [-0.3, -0.25) is 0 Å². The maximum atomic E-state index is 4.76. The fourth-order valence-corrected chi connectivity index (χ4v) is 0.524. The van der Waals surface area contributed by atoms with Crippen molar-refractivity contribution < 1.29 is 4.84 Å². The molecule has 1 rings (SSSR count). The van der Waals surface area contributed by atoms with E-state index >= 15 is 0 Å². The van der Waals surface area contributed by atoms with E-state index in [1.54, 1.807) is 18.5 Å². The van der Waals surface area contributed by atoms with E-state index in [1.165, 1.54) is 4.09 Å². The minimum atomic E-state index is 1.44. The molecule has 0 aromatic rings. The molecule has 7 heavy (non-hydrogen) atoms. The first-order chi connectivity index (χ1) is 3.39. The number of rotatable bonds is 0. The topological polar surface area (TPSA) is 12.5 Å². The van der Waals surface area contributed by atoms with Crippen LogP contribution in [0.3, 0.4) is 0 Å². The lowest BCUT2D eigenvalue weighted by Gasteiger charge is -2.09. The molecule has 0 saturated heterocycles. The van der Waals surface area contributed by atoms with Crippen LogP contribution in [-0.2, 0) is 4.84 Å². The third-order valence-corrected chi connectivity index (χ3v) is 0.958. The molecule has 0 N–H and O–H groups in total. The molecule has 0 fully saturated rings. The van der Waals surface area contributed by atoms with Crippen molar-refractivity contribution in [3.63, 3.8) is 0 Å². The Morgan fingerprint density at radius 3 is 2.57 bits per heavy atom. The highest BCUT2D eigenvalue weighted by atomic mass is 79.9. The summed E-state index contributed by atoms with van der Waals surface area (Å²) < 4.78 is 1.44. The minimum absolute atomic E-state index is 1.44. The number of hydrogen-bond acceptors (Lipinski definition) is 2. The first kappa shape index (κ1) is 4.71. The summed E-state index contributed by atoms with van der Waals surface area (Å²) in [5.74, 6) is 0. The quantitative estimate of drug-likeness (QED) is 0.501. The van der Waals surface area contributed by atoms with Gasteiger partial charge in [0.25, 0.3) is 0 Å². The van der Waals surface area contributed by atoms with Crippen LogP contribution in [-0.4, -0.2) is 4.09 Å². The molecule has 0 aliphatic carbocycles. The van der Waals surface area contributed by atoms with E-state index < -0.39 is 0 Å². The van der Waals surface area contributed by atoms with Crippen LogP contribution < -0.4 is 0 Å². The molecular formula is C4H4BrNO. The van der Waals surface area contributed by atoms with Gasteiger partial charge in [0, 0.05) is 0 Å². The molecule has 38 valence electrons. The maximum Gasteiger partial charge on any atom is 0.120 e. The van der Waals surface area contributed by atoms with Gasteiger partial charge in [-0.1, -0.05) is 0 Å². The van der Waals surface area contributed by atoms with Crippen molar-refractivity contribution >= 4 is 16.1 Å². The summed E-state index contributed by atoms with van der Waals surface area (Å²) in [6.45, 7) is 0. The van der Waals surface area contributed by atoms with Crippen molar-refractivity contribution in [1.29, 1.82) is 0 Å². The van der Waals surface area contributed by atoms with Crippen molar-refractivity contribution in [2.45, 2.75) is 0 Å². The van der Waals surface area contributed by atoms with E-state index in [0.717, 1.165) is 0 Å². The van der Waals surface area contributed by atoms with Crippen LogP contribution >= 0.6 is 16.1 Å². The molecule has 1 aliphatic rings. The standard InChI is InChI=1S/C4H4BrNO/c5-6-3-1-2-4-7-6/h1-4H. The highest BCUT2D eigenvalue weighted by Crippen LogP contribution is 2.04. The van der Waals surface area contributed by atoms with E-state index in [-0.39, 0.29) is 0 Å². The Labute approximate surface area is 50.4 Å². The zero-order chi connectivity index (χ0) is 5.11. The highest BCUT2D eigenvalue weighted by Gasteiger charge is 1.88. The fraction of sp³-hybridized carbons (Fsp3) is 0. The van der Waals surface area contributed by atoms with E-state index in [9.17, 15) is 0 Å². The summed E-state index contributed by atoms with van der Waals surface area (Å²) >= 11 is 3.06. The molecule has 0 unspecified atom stereocenters. The van der Waals surface area contributed by atoms with E-state index in [2.05, 4.69) is 16.1 Å². The molecule has 1 aliphatic heterocycles. The van der Waals surface area contributed by atoms with Crippen molar-refractivity contribution in [1.82, 2.24) is 4.09 Å². The lowest BCUT2D eigenvalue weighted by molar-refractivity contribution is 0.0497. The molecule has 0 aromatic heterocycles. The molecule has 0 aromatic carbocycles. The Balaban J connectivity index is 2.49. The second kappa shape index (κ2) is 2.02. The van der Waals surface area contributed by atoms with Crippen molar-refractivity contribution in [2.24, 2.45) is 0 Å².